The van der Waals surface area contributed by atoms with Gasteiger partial charge in [-0.1, -0.05) is 59.8 Å². The molecule has 0 aliphatic heterocycles. The zero-order valence-electron chi connectivity index (χ0n) is 15.6. The molecule has 1 amide bonds. The Hall–Kier alpha value is -1.26. The second-order valence-electron chi connectivity index (χ2n) is 6.35. The van der Waals surface area contributed by atoms with Crippen molar-refractivity contribution in [3.05, 3.63) is 0 Å². The highest BCUT2D eigenvalue weighted by Gasteiger charge is 2.31. The van der Waals surface area contributed by atoms with Crippen molar-refractivity contribution in [2.45, 2.75) is 78.7 Å². The number of unbranched alkanes of at least 4 members (excludes halogenated alkanes) is 5. The number of carbonyl (C=O) groups is 2. The van der Waals surface area contributed by atoms with Crippen molar-refractivity contribution in [2.75, 3.05) is 20.3 Å². The second kappa shape index (κ2) is 13.2. The van der Waals surface area contributed by atoms with Gasteiger partial charge < -0.3 is 9.47 Å². The van der Waals surface area contributed by atoms with E-state index >= 15 is 0 Å². The zero-order chi connectivity index (χ0) is 17.7. The van der Waals surface area contributed by atoms with Gasteiger partial charge in [0.25, 0.3) is 0 Å². The van der Waals surface area contributed by atoms with E-state index in [2.05, 4.69) is 6.92 Å². The van der Waals surface area contributed by atoms with E-state index in [4.69, 9.17) is 9.47 Å². The van der Waals surface area contributed by atoms with E-state index in [0.29, 0.717) is 13.2 Å². The normalized spacial score (nSPS) is 12.1. The van der Waals surface area contributed by atoms with Crippen LogP contribution in [0.3, 0.4) is 0 Å². The molecule has 0 N–H and O–H groups in total. The summed E-state index contributed by atoms with van der Waals surface area (Å²) in [5, 5.41) is 0. The van der Waals surface area contributed by atoms with E-state index in [9.17, 15) is 9.59 Å². The van der Waals surface area contributed by atoms with Crippen LogP contribution in [0.5, 0.6) is 0 Å². The maximum atomic E-state index is 12.3. The monoisotopic (exact) mass is 329 g/mol. The molecule has 1 atom stereocenters. The molecule has 0 heterocycles. The van der Waals surface area contributed by atoms with Gasteiger partial charge in [0.05, 0.1) is 13.2 Å². The van der Waals surface area contributed by atoms with Crippen LogP contribution in [0.25, 0.3) is 0 Å². The Balaban J connectivity index is 4.22. The lowest BCUT2D eigenvalue weighted by atomic mass is 10.0. The smallest absolute Gasteiger partial charge is 0.410 e. The van der Waals surface area contributed by atoms with Crippen LogP contribution in [0.4, 0.5) is 4.79 Å². The predicted octanol–water partition coefficient (Wildman–Crippen LogP) is 4.39. The average Bonchev–Trinajstić information content (AvgIpc) is 2.51. The molecule has 23 heavy (non-hydrogen) atoms. The molecule has 1 unspecified atom stereocenters. The van der Waals surface area contributed by atoms with Crippen LogP contribution in [0, 0.1) is 5.92 Å². The number of hydrogen-bond donors (Lipinski definition) is 0. The average molecular weight is 329 g/mol. The van der Waals surface area contributed by atoms with Crippen LogP contribution >= 0.6 is 0 Å². The first-order valence-corrected chi connectivity index (χ1v) is 9.01. The summed E-state index contributed by atoms with van der Waals surface area (Å²) in [6.07, 6.45) is 7.16. The molecule has 0 fully saturated rings. The molecule has 0 aromatic heterocycles. The first-order chi connectivity index (χ1) is 11.0. The molecule has 5 nitrogen and oxygen atoms in total. The Kier molecular flexibility index (Phi) is 12.5. The number of likely N-dealkylation sites (N-methyl/N-ethyl adjacent to an activating group) is 1. The van der Waals surface area contributed by atoms with Crippen molar-refractivity contribution >= 4 is 12.1 Å². The fourth-order valence-corrected chi connectivity index (χ4v) is 2.42. The summed E-state index contributed by atoms with van der Waals surface area (Å²) in [7, 11) is 1.59. The first-order valence-electron chi connectivity index (χ1n) is 9.01. The van der Waals surface area contributed by atoms with Gasteiger partial charge in [-0.25, -0.2) is 9.59 Å². The predicted molar refractivity (Wildman–Crippen MR) is 92.4 cm³/mol. The van der Waals surface area contributed by atoms with Gasteiger partial charge in [0.1, 0.15) is 6.04 Å². The molecule has 0 aromatic carbocycles. The second-order valence-corrected chi connectivity index (χ2v) is 6.35. The van der Waals surface area contributed by atoms with Crippen LogP contribution in [-0.2, 0) is 14.3 Å². The fourth-order valence-electron chi connectivity index (χ4n) is 2.42. The Labute approximate surface area is 141 Å². The highest BCUT2D eigenvalue weighted by molar-refractivity contribution is 5.81. The number of rotatable bonds is 12. The lowest BCUT2D eigenvalue weighted by molar-refractivity contribution is -0.150. The Morgan fingerprint density at radius 3 is 2.04 bits per heavy atom. The minimum absolute atomic E-state index is 0.0220. The molecule has 0 spiro atoms. The van der Waals surface area contributed by atoms with Gasteiger partial charge in [-0.3, -0.25) is 4.90 Å². The Morgan fingerprint density at radius 2 is 1.48 bits per heavy atom. The van der Waals surface area contributed by atoms with Crippen molar-refractivity contribution in [3.63, 3.8) is 0 Å². The van der Waals surface area contributed by atoms with Crippen LogP contribution < -0.4 is 0 Å². The van der Waals surface area contributed by atoms with Gasteiger partial charge in [-0.2, -0.15) is 0 Å². The van der Waals surface area contributed by atoms with E-state index in [-0.39, 0.29) is 11.9 Å². The molecule has 0 bridgehead atoms. The third-order valence-corrected chi connectivity index (χ3v) is 3.75. The van der Waals surface area contributed by atoms with Crippen LogP contribution in [0.15, 0.2) is 0 Å². The molecule has 0 radical (unpaired) electrons. The summed E-state index contributed by atoms with van der Waals surface area (Å²) in [5.74, 6) is -0.365. The Bertz CT molecular complexity index is 331. The molecule has 0 rings (SSSR count). The van der Waals surface area contributed by atoms with Crippen molar-refractivity contribution in [3.8, 4) is 0 Å². The Morgan fingerprint density at radius 1 is 0.870 bits per heavy atom. The van der Waals surface area contributed by atoms with Gasteiger partial charge in [0.2, 0.25) is 0 Å². The largest absolute Gasteiger partial charge is 0.464 e. The number of amides is 1. The number of carbonyl (C=O) groups excluding carboxylic acids is 2. The van der Waals surface area contributed by atoms with E-state index in [0.717, 1.165) is 19.3 Å². The van der Waals surface area contributed by atoms with Crippen molar-refractivity contribution in [1.29, 1.82) is 0 Å². The third kappa shape index (κ3) is 9.47. The van der Waals surface area contributed by atoms with E-state index < -0.39 is 12.1 Å². The maximum Gasteiger partial charge on any atom is 0.410 e. The fraction of sp³-hybridized carbons (Fsp3) is 0.889. The van der Waals surface area contributed by atoms with Crippen molar-refractivity contribution < 1.29 is 19.1 Å². The molecule has 136 valence electrons. The van der Waals surface area contributed by atoms with Crippen LogP contribution in [0.2, 0.25) is 0 Å². The molecular weight excluding hydrogens is 294 g/mol. The van der Waals surface area contributed by atoms with Gasteiger partial charge >= 0.3 is 12.1 Å². The highest BCUT2D eigenvalue weighted by atomic mass is 16.6. The number of ether oxygens (including phenoxy) is 2. The van der Waals surface area contributed by atoms with E-state index in [1.165, 1.54) is 30.6 Å². The van der Waals surface area contributed by atoms with E-state index in [1.807, 2.05) is 20.8 Å². The standard InChI is InChI=1S/C18H35NO4/c1-6-8-9-10-11-12-14-22-17(20)16(15(3)4)19(5)18(21)23-13-7-2/h15-16H,6-14H2,1-5H3. The molecule has 0 aromatic rings. The third-order valence-electron chi connectivity index (χ3n) is 3.75. The summed E-state index contributed by atoms with van der Waals surface area (Å²) in [4.78, 5) is 25.5. The molecule has 0 saturated carbocycles. The van der Waals surface area contributed by atoms with Crippen molar-refractivity contribution in [1.82, 2.24) is 4.90 Å². The van der Waals surface area contributed by atoms with Gasteiger partial charge in [0, 0.05) is 7.05 Å². The van der Waals surface area contributed by atoms with Gasteiger partial charge in [0.15, 0.2) is 0 Å². The first kappa shape index (κ1) is 21.7. The lowest BCUT2D eigenvalue weighted by Gasteiger charge is -2.28. The molecular formula is C18H35NO4. The maximum absolute atomic E-state index is 12.3. The van der Waals surface area contributed by atoms with Gasteiger partial charge in [-0.15, -0.1) is 0 Å². The molecule has 0 saturated heterocycles. The minimum Gasteiger partial charge on any atom is -0.464 e. The summed E-state index contributed by atoms with van der Waals surface area (Å²) in [6.45, 7) is 8.71. The lowest BCUT2D eigenvalue weighted by Crippen LogP contribution is -2.46. The highest BCUT2D eigenvalue weighted by Crippen LogP contribution is 2.13. The molecule has 0 aliphatic rings. The SMILES string of the molecule is CCCCCCCCOC(=O)C(C(C)C)N(C)C(=O)OCCC. The van der Waals surface area contributed by atoms with Gasteiger partial charge in [-0.05, 0) is 18.8 Å². The zero-order valence-corrected chi connectivity index (χ0v) is 15.6. The summed E-state index contributed by atoms with van der Waals surface area (Å²) < 4.78 is 10.5. The van der Waals surface area contributed by atoms with Crippen molar-refractivity contribution in [2.24, 2.45) is 5.92 Å². The summed E-state index contributed by atoms with van der Waals surface area (Å²) in [5.41, 5.74) is 0. The topological polar surface area (TPSA) is 55.8 Å². The number of esters is 1. The summed E-state index contributed by atoms with van der Waals surface area (Å²) >= 11 is 0. The number of nitrogens with zero attached hydrogens (tertiary/aromatic N) is 1. The quantitative estimate of drug-likeness (QED) is 0.393. The molecule has 0 aliphatic carbocycles. The van der Waals surface area contributed by atoms with Crippen LogP contribution in [-0.4, -0.2) is 43.3 Å². The number of hydrogen-bond acceptors (Lipinski definition) is 4. The van der Waals surface area contributed by atoms with E-state index in [1.54, 1.807) is 7.05 Å². The summed E-state index contributed by atoms with van der Waals surface area (Å²) in [6, 6.07) is -0.598. The minimum atomic E-state index is -0.598. The molecule has 5 heteroatoms. The van der Waals surface area contributed by atoms with Crippen LogP contribution in [0.1, 0.15) is 72.6 Å².